The third-order valence-corrected chi connectivity index (χ3v) is 3.08. The van der Waals surface area contributed by atoms with Crippen molar-refractivity contribution in [3.05, 3.63) is 29.8 Å². The summed E-state index contributed by atoms with van der Waals surface area (Å²) in [5.41, 5.74) is 1.63. The van der Waals surface area contributed by atoms with Crippen molar-refractivity contribution in [2.75, 3.05) is 13.7 Å². The van der Waals surface area contributed by atoms with Gasteiger partial charge in [0.25, 0.3) is 0 Å². The van der Waals surface area contributed by atoms with Gasteiger partial charge in [-0.05, 0) is 38.5 Å². The Morgan fingerprint density at radius 2 is 1.89 bits per heavy atom. The van der Waals surface area contributed by atoms with Crippen LogP contribution in [0.3, 0.4) is 0 Å². The fourth-order valence-corrected chi connectivity index (χ4v) is 1.55. The first kappa shape index (κ1) is 15.5. The monoisotopic (exact) mass is 265 g/mol. The molecule has 0 heterocycles. The molecular formula is C15H23NO3. The van der Waals surface area contributed by atoms with Crippen molar-refractivity contribution in [2.24, 2.45) is 5.16 Å². The van der Waals surface area contributed by atoms with Crippen LogP contribution in [0.15, 0.2) is 29.4 Å². The molecule has 0 aromatic heterocycles. The first-order chi connectivity index (χ1) is 8.96. The highest BCUT2D eigenvalue weighted by atomic mass is 16.5. The summed E-state index contributed by atoms with van der Waals surface area (Å²) in [4.78, 5) is 0. The molecule has 0 bridgehead atoms. The summed E-state index contributed by atoms with van der Waals surface area (Å²) < 4.78 is 11.0. The summed E-state index contributed by atoms with van der Waals surface area (Å²) in [6, 6.07) is 7.82. The second-order valence-corrected chi connectivity index (χ2v) is 5.22. The van der Waals surface area contributed by atoms with Gasteiger partial charge in [0.2, 0.25) is 0 Å². The molecule has 106 valence electrons. The van der Waals surface area contributed by atoms with Crippen LogP contribution < -0.4 is 4.74 Å². The van der Waals surface area contributed by atoms with Crippen LogP contribution in [0.4, 0.5) is 0 Å². The number of nitrogens with zero attached hydrogens (tertiary/aromatic N) is 1. The van der Waals surface area contributed by atoms with E-state index >= 15 is 0 Å². The van der Waals surface area contributed by atoms with Crippen molar-refractivity contribution < 1.29 is 14.7 Å². The SMILES string of the molecule is COC(C)(C)CCOc1ccc(C/C(C)=N/O)cc1. The Kier molecular flexibility index (Phi) is 5.83. The summed E-state index contributed by atoms with van der Waals surface area (Å²) >= 11 is 0. The van der Waals surface area contributed by atoms with Crippen LogP contribution in [-0.4, -0.2) is 30.2 Å². The number of oxime groups is 1. The van der Waals surface area contributed by atoms with Crippen LogP contribution in [-0.2, 0) is 11.2 Å². The molecule has 19 heavy (non-hydrogen) atoms. The molecule has 0 saturated heterocycles. The molecule has 0 aliphatic rings. The largest absolute Gasteiger partial charge is 0.493 e. The molecule has 0 amide bonds. The molecule has 0 aliphatic heterocycles. The van der Waals surface area contributed by atoms with E-state index in [2.05, 4.69) is 5.16 Å². The number of benzene rings is 1. The zero-order valence-electron chi connectivity index (χ0n) is 12.1. The highest BCUT2D eigenvalue weighted by molar-refractivity contribution is 5.83. The maximum Gasteiger partial charge on any atom is 0.119 e. The lowest BCUT2D eigenvalue weighted by atomic mass is 10.1. The van der Waals surface area contributed by atoms with Gasteiger partial charge in [0, 0.05) is 20.0 Å². The normalized spacial score (nSPS) is 12.5. The maximum absolute atomic E-state index is 8.62. The summed E-state index contributed by atoms with van der Waals surface area (Å²) in [7, 11) is 1.71. The summed E-state index contributed by atoms with van der Waals surface area (Å²) in [5.74, 6) is 0.842. The molecule has 0 unspecified atom stereocenters. The van der Waals surface area contributed by atoms with E-state index in [1.807, 2.05) is 38.1 Å². The van der Waals surface area contributed by atoms with Crippen molar-refractivity contribution in [1.29, 1.82) is 0 Å². The van der Waals surface area contributed by atoms with E-state index in [9.17, 15) is 0 Å². The Balaban J connectivity index is 2.44. The molecule has 0 spiro atoms. The van der Waals surface area contributed by atoms with Gasteiger partial charge in [-0.1, -0.05) is 17.3 Å². The predicted octanol–water partition coefficient (Wildman–Crippen LogP) is 3.27. The lowest BCUT2D eigenvalue weighted by molar-refractivity contribution is 0.00545. The van der Waals surface area contributed by atoms with Crippen molar-refractivity contribution in [3.63, 3.8) is 0 Å². The molecule has 4 nitrogen and oxygen atoms in total. The Labute approximate surface area is 115 Å². The standard InChI is InChI=1S/C15H23NO3/c1-12(16-17)11-13-5-7-14(8-6-13)19-10-9-15(2,3)18-4/h5-8,17H,9-11H2,1-4H3/b16-12+. The first-order valence-electron chi connectivity index (χ1n) is 6.41. The second-order valence-electron chi connectivity index (χ2n) is 5.22. The van der Waals surface area contributed by atoms with Crippen LogP contribution in [0.25, 0.3) is 0 Å². The Hall–Kier alpha value is -1.55. The van der Waals surface area contributed by atoms with Gasteiger partial charge in [-0.2, -0.15) is 0 Å². The van der Waals surface area contributed by atoms with Gasteiger partial charge in [0.15, 0.2) is 0 Å². The van der Waals surface area contributed by atoms with Gasteiger partial charge in [0.1, 0.15) is 5.75 Å². The smallest absolute Gasteiger partial charge is 0.119 e. The minimum absolute atomic E-state index is 0.158. The van der Waals surface area contributed by atoms with Crippen molar-refractivity contribution in [1.82, 2.24) is 0 Å². The Morgan fingerprint density at radius 1 is 1.26 bits per heavy atom. The molecule has 0 atom stereocenters. The average Bonchev–Trinajstić information content (AvgIpc) is 2.40. The van der Waals surface area contributed by atoms with E-state index in [1.54, 1.807) is 14.0 Å². The number of hydrogen-bond acceptors (Lipinski definition) is 4. The fourth-order valence-electron chi connectivity index (χ4n) is 1.55. The molecule has 1 aromatic carbocycles. The number of rotatable bonds is 7. The molecule has 0 fully saturated rings. The summed E-state index contributed by atoms with van der Waals surface area (Å²) in [6.45, 7) is 6.49. The first-order valence-corrected chi connectivity index (χ1v) is 6.41. The topological polar surface area (TPSA) is 51.0 Å². The Bertz CT molecular complexity index is 410. The number of methoxy groups -OCH3 is 1. The molecular weight excluding hydrogens is 242 g/mol. The molecule has 0 aliphatic carbocycles. The molecule has 0 saturated carbocycles. The quantitative estimate of drug-likeness (QED) is 0.467. The second kappa shape index (κ2) is 7.14. The van der Waals surface area contributed by atoms with Crippen molar-refractivity contribution in [2.45, 2.75) is 39.2 Å². The van der Waals surface area contributed by atoms with E-state index in [0.717, 1.165) is 17.7 Å². The number of hydrogen-bond donors (Lipinski definition) is 1. The summed E-state index contributed by atoms with van der Waals surface area (Å²) in [5, 5.41) is 11.8. The van der Waals surface area contributed by atoms with Crippen LogP contribution >= 0.6 is 0 Å². The van der Waals surface area contributed by atoms with E-state index in [4.69, 9.17) is 14.7 Å². The fraction of sp³-hybridized carbons (Fsp3) is 0.533. The van der Waals surface area contributed by atoms with Gasteiger partial charge >= 0.3 is 0 Å². The highest BCUT2D eigenvalue weighted by Gasteiger charge is 2.15. The van der Waals surface area contributed by atoms with Gasteiger partial charge in [-0.25, -0.2) is 0 Å². The Morgan fingerprint density at radius 3 is 2.42 bits per heavy atom. The minimum atomic E-state index is -0.158. The lowest BCUT2D eigenvalue weighted by Gasteiger charge is -2.22. The van der Waals surface area contributed by atoms with Crippen LogP contribution in [0.5, 0.6) is 5.75 Å². The lowest BCUT2D eigenvalue weighted by Crippen LogP contribution is -2.25. The van der Waals surface area contributed by atoms with E-state index in [0.29, 0.717) is 18.7 Å². The van der Waals surface area contributed by atoms with E-state index < -0.39 is 0 Å². The van der Waals surface area contributed by atoms with Gasteiger partial charge in [-0.3, -0.25) is 0 Å². The predicted molar refractivity (Wildman–Crippen MR) is 76.2 cm³/mol. The average molecular weight is 265 g/mol. The van der Waals surface area contributed by atoms with E-state index in [1.165, 1.54) is 0 Å². The zero-order valence-corrected chi connectivity index (χ0v) is 12.1. The minimum Gasteiger partial charge on any atom is -0.493 e. The van der Waals surface area contributed by atoms with Gasteiger partial charge in [0.05, 0.1) is 17.9 Å². The van der Waals surface area contributed by atoms with Crippen molar-refractivity contribution >= 4 is 5.71 Å². The van der Waals surface area contributed by atoms with Crippen LogP contribution in [0.2, 0.25) is 0 Å². The van der Waals surface area contributed by atoms with Crippen LogP contribution in [0, 0.1) is 0 Å². The van der Waals surface area contributed by atoms with Gasteiger partial charge < -0.3 is 14.7 Å². The summed E-state index contributed by atoms with van der Waals surface area (Å²) in [6.07, 6.45) is 1.48. The van der Waals surface area contributed by atoms with Crippen LogP contribution in [0.1, 0.15) is 32.8 Å². The third-order valence-electron chi connectivity index (χ3n) is 3.08. The third kappa shape index (κ3) is 5.75. The molecule has 1 aromatic rings. The van der Waals surface area contributed by atoms with Gasteiger partial charge in [-0.15, -0.1) is 0 Å². The highest BCUT2D eigenvalue weighted by Crippen LogP contribution is 2.16. The molecule has 1 N–H and O–H groups in total. The van der Waals surface area contributed by atoms with Crippen molar-refractivity contribution in [3.8, 4) is 5.75 Å². The molecule has 1 rings (SSSR count). The molecule has 4 heteroatoms. The zero-order chi connectivity index (χ0) is 14.3. The van der Waals surface area contributed by atoms with E-state index in [-0.39, 0.29) is 5.60 Å². The number of ether oxygens (including phenoxy) is 2. The maximum atomic E-state index is 8.62. The molecule has 0 radical (unpaired) electrons.